The highest BCUT2D eigenvalue weighted by atomic mass is 16.5. The fraction of sp³-hybridized carbons (Fsp3) is 0.900. The molecule has 0 bridgehead atoms. The summed E-state index contributed by atoms with van der Waals surface area (Å²) in [5, 5.41) is 9.37. The van der Waals surface area contributed by atoms with Crippen LogP contribution in [0.4, 0.5) is 0 Å². The minimum absolute atomic E-state index is 0.0549. The molecular weight excluding hydrogens is 304 g/mol. The van der Waals surface area contributed by atoms with Crippen LogP contribution in [0.1, 0.15) is 91.4 Å². The van der Waals surface area contributed by atoms with Crippen molar-refractivity contribution < 1.29 is 19.4 Å². The smallest absolute Gasteiger partial charge is 0.310 e. The lowest BCUT2D eigenvalue weighted by atomic mass is 9.79. The van der Waals surface area contributed by atoms with Gasteiger partial charge in [0.1, 0.15) is 6.10 Å². The average Bonchev–Trinajstić information content (AvgIpc) is 2.58. The highest BCUT2D eigenvalue weighted by Crippen LogP contribution is 2.32. The maximum Gasteiger partial charge on any atom is 0.310 e. The molecule has 0 radical (unpaired) electrons. The summed E-state index contributed by atoms with van der Waals surface area (Å²) in [7, 11) is 0. The summed E-state index contributed by atoms with van der Waals surface area (Å²) in [6, 6.07) is 0. The molecule has 0 aromatic carbocycles. The molecule has 1 rings (SSSR count). The summed E-state index contributed by atoms with van der Waals surface area (Å²) in [6.07, 6.45) is 10.5. The second-order valence-electron chi connectivity index (χ2n) is 7.49. The van der Waals surface area contributed by atoms with Gasteiger partial charge in [0, 0.05) is 0 Å². The minimum atomic E-state index is -0.849. The van der Waals surface area contributed by atoms with Crippen molar-refractivity contribution in [3.63, 3.8) is 0 Å². The first kappa shape index (κ1) is 21.0. The first-order valence-corrected chi connectivity index (χ1v) is 9.92. The Morgan fingerprint density at radius 3 is 2.33 bits per heavy atom. The molecule has 1 fully saturated rings. The predicted octanol–water partition coefficient (Wildman–Crippen LogP) is 5.20. The van der Waals surface area contributed by atoms with Crippen LogP contribution in [-0.4, -0.2) is 23.1 Å². The zero-order valence-electron chi connectivity index (χ0n) is 15.8. The summed E-state index contributed by atoms with van der Waals surface area (Å²) in [4.78, 5) is 24.0. The van der Waals surface area contributed by atoms with E-state index in [0.29, 0.717) is 18.8 Å². The highest BCUT2D eigenvalue weighted by molar-refractivity contribution is 5.81. The van der Waals surface area contributed by atoms with E-state index in [1.54, 1.807) is 0 Å². The molecule has 1 aliphatic carbocycles. The molecule has 4 atom stereocenters. The number of carboxylic acid groups (broad SMARTS) is 1. The van der Waals surface area contributed by atoms with Crippen LogP contribution in [0.15, 0.2) is 0 Å². The van der Waals surface area contributed by atoms with Gasteiger partial charge in [-0.25, -0.2) is 0 Å². The van der Waals surface area contributed by atoms with Gasteiger partial charge in [0.05, 0.1) is 11.8 Å². The van der Waals surface area contributed by atoms with Gasteiger partial charge in [0.15, 0.2) is 0 Å². The van der Waals surface area contributed by atoms with Crippen molar-refractivity contribution in [1.29, 1.82) is 0 Å². The number of hydrogen-bond donors (Lipinski definition) is 1. The number of carboxylic acids is 1. The lowest BCUT2D eigenvalue weighted by molar-refractivity contribution is -0.164. The molecule has 0 spiro atoms. The zero-order chi connectivity index (χ0) is 17.9. The van der Waals surface area contributed by atoms with Gasteiger partial charge >= 0.3 is 11.9 Å². The van der Waals surface area contributed by atoms with Crippen molar-refractivity contribution in [2.45, 2.75) is 97.5 Å². The topological polar surface area (TPSA) is 63.6 Å². The Bertz CT molecular complexity index is 380. The lowest BCUT2D eigenvalue weighted by Crippen LogP contribution is -2.36. The van der Waals surface area contributed by atoms with E-state index >= 15 is 0 Å². The average molecular weight is 341 g/mol. The second-order valence-corrected chi connectivity index (χ2v) is 7.49. The largest absolute Gasteiger partial charge is 0.481 e. The summed E-state index contributed by atoms with van der Waals surface area (Å²) in [5.41, 5.74) is 0. The van der Waals surface area contributed by atoms with Crippen molar-refractivity contribution in [3.8, 4) is 0 Å². The van der Waals surface area contributed by atoms with Gasteiger partial charge in [0.25, 0.3) is 0 Å². The fourth-order valence-electron chi connectivity index (χ4n) is 3.60. The molecule has 0 aromatic rings. The molecule has 0 amide bonds. The van der Waals surface area contributed by atoms with E-state index in [4.69, 9.17) is 4.74 Å². The molecule has 1 saturated carbocycles. The summed E-state index contributed by atoms with van der Waals surface area (Å²) in [6.45, 7) is 6.53. The molecule has 0 saturated heterocycles. The monoisotopic (exact) mass is 340 g/mol. The Hall–Kier alpha value is -1.06. The van der Waals surface area contributed by atoms with E-state index in [1.807, 2.05) is 0 Å². The van der Waals surface area contributed by atoms with E-state index in [9.17, 15) is 14.7 Å². The molecule has 4 heteroatoms. The molecular formula is C20H36O4. The Balaban J connectivity index is 2.61. The Morgan fingerprint density at radius 2 is 1.75 bits per heavy atom. The molecule has 0 aromatic heterocycles. The van der Waals surface area contributed by atoms with Crippen LogP contribution in [0.25, 0.3) is 0 Å². The number of ether oxygens (including phenoxy) is 1. The van der Waals surface area contributed by atoms with E-state index in [2.05, 4.69) is 20.8 Å². The predicted molar refractivity (Wildman–Crippen MR) is 95.8 cm³/mol. The summed E-state index contributed by atoms with van der Waals surface area (Å²) in [5.74, 6) is -1.61. The molecule has 4 nitrogen and oxygen atoms in total. The zero-order valence-corrected chi connectivity index (χ0v) is 15.8. The van der Waals surface area contributed by atoms with Crippen LogP contribution >= 0.6 is 0 Å². The normalized spacial score (nSPS) is 23.5. The van der Waals surface area contributed by atoms with Crippen molar-refractivity contribution in [3.05, 3.63) is 0 Å². The standard InChI is InChI=1S/C20H36O4/c1-4-6-7-8-11-16(14-15(3)5-2)24-20(23)18-13-10-9-12-17(18)19(21)22/h15-18H,4-14H2,1-3H3,(H,21,22). The second kappa shape index (κ2) is 11.5. The fourth-order valence-corrected chi connectivity index (χ4v) is 3.60. The molecule has 140 valence electrons. The maximum absolute atomic E-state index is 12.6. The number of unbranched alkanes of at least 4 members (excludes halogenated alkanes) is 3. The summed E-state index contributed by atoms with van der Waals surface area (Å²) < 4.78 is 5.82. The SMILES string of the molecule is CCCCCCC(CC(C)CC)OC(=O)C1CCCCC1C(=O)O. The van der Waals surface area contributed by atoms with Crippen LogP contribution in [-0.2, 0) is 14.3 Å². The van der Waals surface area contributed by atoms with Crippen LogP contribution in [0.5, 0.6) is 0 Å². The maximum atomic E-state index is 12.6. The Labute approximate surface area is 147 Å². The summed E-state index contributed by atoms with van der Waals surface area (Å²) >= 11 is 0. The molecule has 4 unspecified atom stereocenters. The first-order chi connectivity index (χ1) is 11.5. The quantitative estimate of drug-likeness (QED) is 0.415. The molecule has 24 heavy (non-hydrogen) atoms. The first-order valence-electron chi connectivity index (χ1n) is 9.92. The van der Waals surface area contributed by atoms with Gasteiger partial charge in [0.2, 0.25) is 0 Å². The van der Waals surface area contributed by atoms with E-state index in [-0.39, 0.29) is 12.1 Å². The van der Waals surface area contributed by atoms with Crippen molar-refractivity contribution >= 4 is 11.9 Å². The molecule has 0 aliphatic heterocycles. The lowest BCUT2D eigenvalue weighted by Gasteiger charge is -2.29. The van der Waals surface area contributed by atoms with E-state index < -0.39 is 17.8 Å². The minimum Gasteiger partial charge on any atom is -0.481 e. The Morgan fingerprint density at radius 1 is 1.08 bits per heavy atom. The van der Waals surface area contributed by atoms with Crippen LogP contribution in [0, 0.1) is 17.8 Å². The number of rotatable bonds is 11. The number of carbonyl (C=O) groups is 2. The van der Waals surface area contributed by atoms with Gasteiger partial charge in [-0.2, -0.15) is 0 Å². The van der Waals surface area contributed by atoms with E-state index in [1.165, 1.54) is 19.3 Å². The third kappa shape index (κ3) is 7.23. The Kier molecular flexibility index (Phi) is 10.0. The van der Waals surface area contributed by atoms with Crippen LogP contribution < -0.4 is 0 Å². The number of carbonyl (C=O) groups excluding carboxylic acids is 1. The number of esters is 1. The molecule has 1 N–H and O–H groups in total. The van der Waals surface area contributed by atoms with Gasteiger partial charge in [-0.1, -0.05) is 59.3 Å². The number of aliphatic carboxylic acids is 1. The molecule has 0 heterocycles. The van der Waals surface area contributed by atoms with Gasteiger partial charge in [-0.3, -0.25) is 9.59 Å². The molecule has 1 aliphatic rings. The number of hydrogen-bond acceptors (Lipinski definition) is 3. The van der Waals surface area contributed by atoms with Crippen LogP contribution in [0.3, 0.4) is 0 Å². The van der Waals surface area contributed by atoms with Gasteiger partial charge in [-0.15, -0.1) is 0 Å². The third-order valence-electron chi connectivity index (χ3n) is 5.41. The van der Waals surface area contributed by atoms with Crippen molar-refractivity contribution in [1.82, 2.24) is 0 Å². The van der Waals surface area contributed by atoms with Gasteiger partial charge in [-0.05, 0) is 38.0 Å². The van der Waals surface area contributed by atoms with E-state index in [0.717, 1.165) is 38.5 Å². The van der Waals surface area contributed by atoms with Crippen LogP contribution in [0.2, 0.25) is 0 Å². The third-order valence-corrected chi connectivity index (χ3v) is 5.41. The highest BCUT2D eigenvalue weighted by Gasteiger charge is 2.37. The van der Waals surface area contributed by atoms with Crippen molar-refractivity contribution in [2.75, 3.05) is 0 Å². The van der Waals surface area contributed by atoms with Crippen molar-refractivity contribution in [2.24, 2.45) is 17.8 Å². The van der Waals surface area contributed by atoms with Gasteiger partial charge < -0.3 is 9.84 Å².